The molecule has 0 saturated heterocycles. The largest absolute Gasteiger partial charge is 0.370 e. The Hall–Kier alpha value is -3.61. The number of likely N-dealkylation sites (N-methyl/N-ethyl adjacent to an activating group) is 2. The fourth-order valence-electron chi connectivity index (χ4n) is 3.71. The van der Waals surface area contributed by atoms with Crippen LogP contribution in [0.15, 0.2) is 54.6 Å². The van der Waals surface area contributed by atoms with Gasteiger partial charge < -0.3 is 15.1 Å². The van der Waals surface area contributed by atoms with Crippen molar-refractivity contribution in [2.45, 2.75) is 19.4 Å². The van der Waals surface area contributed by atoms with Gasteiger partial charge in [0.15, 0.2) is 0 Å². The minimum Gasteiger partial charge on any atom is -0.370 e. The molecule has 1 aliphatic rings. The van der Waals surface area contributed by atoms with Crippen molar-refractivity contribution in [2.75, 3.05) is 30.4 Å². The SMILES string of the molecule is Cc1ccc(Cc2cc(C(=O)NC3CN(C)c4ccccc4N(C)C3=O)n[nH]2)cc1. The molecule has 1 unspecified atom stereocenters. The first-order chi connectivity index (χ1) is 14.4. The lowest BCUT2D eigenvalue weighted by atomic mass is 10.1. The normalized spacial score (nSPS) is 16.2. The van der Waals surface area contributed by atoms with E-state index in [2.05, 4.69) is 39.8 Å². The van der Waals surface area contributed by atoms with E-state index in [9.17, 15) is 9.59 Å². The molecule has 1 aliphatic heterocycles. The van der Waals surface area contributed by atoms with Crippen molar-refractivity contribution in [2.24, 2.45) is 0 Å². The number of aromatic amines is 1. The predicted molar refractivity (Wildman–Crippen MR) is 117 cm³/mol. The minimum atomic E-state index is -0.669. The number of fused-ring (bicyclic) bond motifs is 1. The predicted octanol–water partition coefficient (Wildman–Crippen LogP) is 2.52. The maximum Gasteiger partial charge on any atom is 0.272 e. The van der Waals surface area contributed by atoms with Gasteiger partial charge in [-0.1, -0.05) is 42.0 Å². The Morgan fingerprint density at radius 3 is 2.57 bits per heavy atom. The van der Waals surface area contributed by atoms with Gasteiger partial charge >= 0.3 is 0 Å². The molecule has 7 heteroatoms. The van der Waals surface area contributed by atoms with Crippen LogP contribution >= 0.6 is 0 Å². The van der Waals surface area contributed by atoms with E-state index in [-0.39, 0.29) is 17.5 Å². The maximum atomic E-state index is 13.0. The van der Waals surface area contributed by atoms with Crippen LogP contribution in [-0.2, 0) is 11.2 Å². The molecule has 0 aliphatic carbocycles. The number of hydrogen-bond donors (Lipinski definition) is 2. The van der Waals surface area contributed by atoms with Gasteiger partial charge in [0, 0.05) is 32.8 Å². The number of aromatic nitrogens is 2. The number of nitrogens with zero attached hydrogens (tertiary/aromatic N) is 3. The Bertz CT molecular complexity index is 1070. The van der Waals surface area contributed by atoms with E-state index in [1.807, 2.05) is 43.1 Å². The van der Waals surface area contributed by atoms with E-state index in [0.717, 1.165) is 22.6 Å². The van der Waals surface area contributed by atoms with Crippen molar-refractivity contribution in [3.8, 4) is 0 Å². The summed E-state index contributed by atoms with van der Waals surface area (Å²) >= 11 is 0. The number of carbonyl (C=O) groups excluding carboxylic acids is 2. The molecule has 2 heterocycles. The van der Waals surface area contributed by atoms with E-state index in [4.69, 9.17) is 0 Å². The second-order valence-corrected chi connectivity index (χ2v) is 7.73. The van der Waals surface area contributed by atoms with Crippen LogP contribution in [0, 0.1) is 6.92 Å². The molecule has 154 valence electrons. The topological polar surface area (TPSA) is 81.3 Å². The Morgan fingerprint density at radius 2 is 1.83 bits per heavy atom. The van der Waals surface area contributed by atoms with Crippen molar-refractivity contribution < 1.29 is 9.59 Å². The molecule has 2 N–H and O–H groups in total. The van der Waals surface area contributed by atoms with Gasteiger partial charge in [0.05, 0.1) is 11.4 Å². The highest BCUT2D eigenvalue weighted by molar-refractivity contribution is 6.04. The van der Waals surface area contributed by atoms with E-state index in [0.29, 0.717) is 13.0 Å². The molecule has 0 radical (unpaired) electrons. The average Bonchev–Trinajstić information content (AvgIpc) is 3.19. The molecule has 0 spiro atoms. The molecular formula is C23H25N5O2. The fourth-order valence-corrected chi connectivity index (χ4v) is 3.71. The maximum absolute atomic E-state index is 13.0. The molecule has 0 bridgehead atoms. The van der Waals surface area contributed by atoms with Crippen LogP contribution in [0.5, 0.6) is 0 Å². The molecule has 0 fully saturated rings. The Labute approximate surface area is 175 Å². The van der Waals surface area contributed by atoms with Crippen LogP contribution in [-0.4, -0.2) is 48.7 Å². The molecule has 4 rings (SSSR count). The number of carbonyl (C=O) groups is 2. The van der Waals surface area contributed by atoms with Crippen LogP contribution in [0.4, 0.5) is 11.4 Å². The van der Waals surface area contributed by atoms with E-state index in [1.54, 1.807) is 18.0 Å². The summed E-state index contributed by atoms with van der Waals surface area (Å²) in [4.78, 5) is 29.3. The highest BCUT2D eigenvalue weighted by Crippen LogP contribution is 2.30. The average molecular weight is 403 g/mol. The molecular weight excluding hydrogens is 378 g/mol. The van der Waals surface area contributed by atoms with Gasteiger partial charge in [-0.25, -0.2) is 0 Å². The summed E-state index contributed by atoms with van der Waals surface area (Å²) in [5, 5.41) is 9.92. The second kappa shape index (κ2) is 8.02. The lowest BCUT2D eigenvalue weighted by Gasteiger charge is -2.22. The van der Waals surface area contributed by atoms with Crippen molar-refractivity contribution in [3.05, 3.63) is 77.1 Å². The minimum absolute atomic E-state index is 0.157. The van der Waals surface area contributed by atoms with Crippen LogP contribution < -0.4 is 15.1 Å². The molecule has 1 atom stereocenters. The lowest BCUT2D eigenvalue weighted by Crippen LogP contribution is -2.51. The summed E-state index contributed by atoms with van der Waals surface area (Å²) in [6.45, 7) is 2.43. The smallest absolute Gasteiger partial charge is 0.272 e. The molecule has 7 nitrogen and oxygen atoms in total. The van der Waals surface area contributed by atoms with Gasteiger partial charge in [-0.3, -0.25) is 14.7 Å². The number of nitrogens with one attached hydrogen (secondary N) is 2. The monoisotopic (exact) mass is 403 g/mol. The van der Waals surface area contributed by atoms with E-state index in [1.165, 1.54) is 5.56 Å². The standard InChI is InChI=1S/C23H25N5O2/c1-15-8-10-16(11-9-15)12-17-13-18(26-25-17)22(29)24-19-14-27(2)20-6-4-5-7-21(20)28(3)23(19)30/h4-11,13,19H,12,14H2,1-3H3,(H,24,29)(H,25,26). The molecule has 0 saturated carbocycles. The van der Waals surface area contributed by atoms with E-state index < -0.39 is 6.04 Å². The highest BCUT2D eigenvalue weighted by Gasteiger charge is 2.32. The number of amides is 2. The first kappa shape index (κ1) is 19.7. The number of anilines is 2. The quantitative estimate of drug-likeness (QED) is 0.701. The molecule has 30 heavy (non-hydrogen) atoms. The Morgan fingerprint density at radius 1 is 1.13 bits per heavy atom. The second-order valence-electron chi connectivity index (χ2n) is 7.73. The van der Waals surface area contributed by atoms with Gasteiger partial charge in [-0.05, 0) is 30.7 Å². The van der Waals surface area contributed by atoms with Crippen molar-refractivity contribution in [1.29, 1.82) is 0 Å². The zero-order valence-electron chi connectivity index (χ0n) is 17.3. The van der Waals surface area contributed by atoms with Crippen LogP contribution in [0.3, 0.4) is 0 Å². The molecule has 2 amide bonds. The van der Waals surface area contributed by atoms with Crippen LogP contribution in [0.2, 0.25) is 0 Å². The summed E-state index contributed by atoms with van der Waals surface area (Å²) < 4.78 is 0. The summed E-state index contributed by atoms with van der Waals surface area (Å²) in [5.74, 6) is -0.525. The van der Waals surface area contributed by atoms with Crippen LogP contribution in [0.25, 0.3) is 0 Å². The van der Waals surface area contributed by atoms with Gasteiger partial charge in [0.25, 0.3) is 11.8 Å². The van der Waals surface area contributed by atoms with Gasteiger partial charge in [-0.15, -0.1) is 0 Å². The summed E-state index contributed by atoms with van der Waals surface area (Å²) in [7, 11) is 3.65. The van der Waals surface area contributed by atoms with Crippen molar-refractivity contribution in [1.82, 2.24) is 15.5 Å². The van der Waals surface area contributed by atoms with Crippen LogP contribution in [0.1, 0.15) is 27.3 Å². The lowest BCUT2D eigenvalue weighted by molar-refractivity contribution is -0.119. The first-order valence-corrected chi connectivity index (χ1v) is 9.91. The van der Waals surface area contributed by atoms with Gasteiger partial charge in [0.2, 0.25) is 0 Å². The van der Waals surface area contributed by atoms with Gasteiger partial charge in [-0.2, -0.15) is 5.10 Å². The third kappa shape index (κ3) is 3.91. The Balaban J connectivity index is 1.47. The van der Waals surface area contributed by atoms with Crippen molar-refractivity contribution >= 4 is 23.2 Å². The third-order valence-electron chi connectivity index (χ3n) is 5.42. The number of aryl methyl sites for hydroxylation is 1. The number of rotatable bonds is 4. The number of hydrogen-bond acceptors (Lipinski definition) is 4. The van der Waals surface area contributed by atoms with E-state index >= 15 is 0 Å². The summed E-state index contributed by atoms with van der Waals surface area (Å²) in [6, 6.07) is 17.0. The highest BCUT2D eigenvalue weighted by atomic mass is 16.2. The Kier molecular flexibility index (Phi) is 5.27. The number of H-pyrrole nitrogens is 1. The molecule has 1 aromatic heterocycles. The zero-order chi connectivity index (χ0) is 21.3. The molecule has 2 aromatic carbocycles. The van der Waals surface area contributed by atoms with Crippen molar-refractivity contribution in [3.63, 3.8) is 0 Å². The summed E-state index contributed by atoms with van der Waals surface area (Å²) in [6.07, 6.45) is 0.656. The fraction of sp³-hybridized carbons (Fsp3) is 0.261. The summed E-state index contributed by atoms with van der Waals surface area (Å²) in [5.41, 5.74) is 5.23. The van der Waals surface area contributed by atoms with Gasteiger partial charge in [0.1, 0.15) is 11.7 Å². The zero-order valence-corrected chi connectivity index (χ0v) is 17.3. The number of para-hydroxylation sites is 2. The first-order valence-electron chi connectivity index (χ1n) is 9.91. The molecule has 3 aromatic rings. The third-order valence-corrected chi connectivity index (χ3v) is 5.42. The number of benzene rings is 2.